The highest BCUT2D eigenvalue weighted by atomic mass is 32.1. The Morgan fingerprint density at radius 3 is 2.12 bits per heavy atom. The molecule has 48 heavy (non-hydrogen) atoms. The molecule has 2 aromatic carbocycles. The molecule has 1 amide bonds. The SMILES string of the molecule is CCC(CC)CN(CC(CC)CC)c1cc(NC(C)=O)c(/N=N/c2nc(-c3ccco3)c(N=Nc3cc(C(C)C)ccc3C)s2)cc1C. The lowest BCUT2D eigenvalue weighted by molar-refractivity contribution is -0.114. The van der Waals surface area contributed by atoms with Crippen molar-refractivity contribution in [2.24, 2.45) is 32.3 Å². The van der Waals surface area contributed by atoms with Gasteiger partial charge in [-0.05, 0) is 78.6 Å². The monoisotopic (exact) mass is 669 g/mol. The maximum atomic E-state index is 12.4. The second kappa shape index (κ2) is 17.3. The molecule has 0 aliphatic rings. The standard InChI is InChI=1S/C38H51N7O2S/c1-10-28(11-2)22-45(23-29(12-3)13-4)34-21-32(39-27(9)46)33(19-26(34)8)42-44-38-40-36(35-15-14-18-47-35)37(48-38)43-41-31-20-30(24(5)6)17-16-25(31)7/h14-21,24,28-29H,10-13,22-23H2,1-9H3,(H,39,46)/b43-41?,44-42+. The molecule has 0 aliphatic heterocycles. The number of rotatable bonds is 16. The van der Waals surface area contributed by atoms with Crippen molar-refractivity contribution in [2.45, 2.75) is 93.9 Å². The average molecular weight is 670 g/mol. The van der Waals surface area contributed by atoms with Crippen molar-refractivity contribution in [3.05, 3.63) is 65.4 Å². The summed E-state index contributed by atoms with van der Waals surface area (Å²) in [6.07, 6.45) is 6.10. The van der Waals surface area contributed by atoms with Crippen molar-refractivity contribution in [2.75, 3.05) is 23.3 Å². The molecule has 0 aliphatic carbocycles. The Labute approximate surface area is 290 Å². The van der Waals surface area contributed by atoms with E-state index in [-0.39, 0.29) is 5.91 Å². The van der Waals surface area contributed by atoms with Gasteiger partial charge < -0.3 is 14.6 Å². The first-order chi connectivity index (χ1) is 23.1. The van der Waals surface area contributed by atoms with E-state index in [0.717, 1.165) is 61.3 Å². The number of amides is 1. The van der Waals surface area contributed by atoms with Gasteiger partial charge >= 0.3 is 0 Å². The predicted octanol–water partition coefficient (Wildman–Crippen LogP) is 12.6. The summed E-state index contributed by atoms with van der Waals surface area (Å²) in [4.78, 5) is 19.6. The van der Waals surface area contributed by atoms with Gasteiger partial charge in [-0.1, -0.05) is 90.7 Å². The molecule has 0 unspecified atom stereocenters. The Kier molecular flexibility index (Phi) is 13.2. The number of aryl methyl sites for hydroxylation is 2. The van der Waals surface area contributed by atoms with Crippen LogP contribution in [0.15, 0.2) is 73.6 Å². The van der Waals surface area contributed by atoms with Gasteiger partial charge in [0.05, 0.1) is 17.6 Å². The van der Waals surface area contributed by atoms with Gasteiger partial charge in [-0.15, -0.1) is 20.5 Å². The molecule has 4 rings (SSSR count). The minimum atomic E-state index is -0.165. The van der Waals surface area contributed by atoms with Crippen LogP contribution in [0, 0.1) is 25.7 Å². The predicted molar refractivity (Wildman–Crippen MR) is 199 cm³/mol. The number of hydrogen-bond acceptors (Lipinski definition) is 9. The Bertz CT molecular complexity index is 1690. The number of nitrogens with zero attached hydrogens (tertiary/aromatic N) is 6. The van der Waals surface area contributed by atoms with E-state index in [1.54, 1.807) is 6.26 Å². The Balaban J connectivity index is 1.72. The lowest BCUT2D eigenvalue weighted by Gasteiger charge is -2.33. The van der Waals surface area contributed by atoms with Crippen LogP contribution in [0.1, 0.15) is 96.8 Å². The number of azo groups is 2. The topological polar surface area (TPSA) is 108 Å². The van der Waals surface area contributed by atoms with Crippen LogP contribution < -0.4 is 10.2 Å². The number of aromatic nitrogens is 1. The van der Waals surface area contributed by atoms with E-state index in [1.807, 2.05) is 25.1 Å². The van der Waals surface area contributed by atoms with E-state index in [4.69, 9.17) is 9.40 Å². The van der Waals surface area contributed by atoms with Crippen LogP contribution >= 0.6 is 11.3 Å². The van der Waals surface area contributed by atoms with Gasteiger partial charge in [0.25, 0.3) is 0 Å². The van der Waals surface area contributed by atoms with E-state index in [0.29, 0.717) is 50.7 Å². The maximum absolute atomic E-state index is 12.4. The maximum Gasteiger partial charge on any atom is 0.232 e. The van der Waals surface area contributed by atoms with Gasteiger partial charge in [0.15, 0.2) is 10.8 Å². The normalized spacial score (nSPS) is 12.0. The van der Waals surface area contributed by atoms with E-state index < -0.39 is 0 Å². The molecule has 2 heterocycles. The Morgan fingerprint density at radius 2 is 1.54 bits per heavy atom. The van der Waals surface area contributed by atoms with E-state index in [1.165, 1.54) is 23.8 Å². The van der Waals surface area contributed by atoms with Crippen LogP contribution in [-0.4, -0.2) is 24.0 Å². The first kappa shape index (κ1) is 36.7. The number of furan rings is 1. The van der Waals surface area contributed by atoms with Crippen LogP contribution in [0.3, 0.4) is 0 Å². The fourth-order valence-electron chi connectivity index (χ4n) is 5.66. The minimum Gasteiger partial charge on any atom is -0.463 e. The van der Waals surface area contributed by atoms with Crippen LogP contribution in [0.2, 0.25) is 0 Å². The summed E-state index contributed by atoms with van der Waals surface area (Å²) in [6, 6.07) is 14.0. The van der Waals surface area contributed by atoms with E-state index in [2.05, 4.69) is 103 Å². The van der Waals surface area contributed by atoms with Crippen LogP contribution in [0.25, 0.3) is 11.5 Å². The summed E-state index contributed by atoms with van der Waals surface area (Å²) >= 11 is 1.28. The molecule has 2 aromatic heterocycles. The molecule has 0 atom stereocenters. The molecule has 256 valence electrons. The van der Waals surface area contributed by atoms with Gasteiger partial charge in [-0.25, -0.2) is 4.98 Å². The number of hydrogen-bond donors (Lipinski definition) is 1. The van der Waals surface area contributed by atoms with Gasteiger partial charge in [-0.3, -0.25) is 4.79 Å². The highest BCUT2D eigenvalue weighted by molar-refractivity contribution is 7.19. The third-order valence-electron chi connectivity index (χ3n) is 8.98. The molecule has 4 aromatic rings. The number of thiazole rings is 1. The third kappa shape index (κ3) is 9.46. The summed E-state index contributed by atoms with van der Waals surface area (Å²) in [5, 5.41) is 22.3. The van der Waals surface area contributed by atoms with Crippen molar-refractivity contribution in [3.8, 4) is 11.5 Å². The number of carbonyl (C=O) groups is 1. The summed E-state index contributed by atoms with van der Waals surface area (Å²) in [6.45, 7) is 20.9. The third-order valence-corrected chi connectivity index (χ3v) is 9.80. The smallest absolute Gasteiger partial charge is 0.232 e. The molecule has 0 radical (unpaired) electrons. The zero-order valence-corrected chi connectivity index (χ0v) is 30.8. The fourth-order valence-corrected chi connectivity index (χ4v) is 6.37. The largest absolute Gasteiger partial charge is 0.463 e. The van der Waals surface area contributed by atoms with E-state index >= 15 is 0 Å². The molecule has 0 fully saturated rings. The first-order valence-electron chi connectivity index (χ1n) is 17.2. The van der Waals surface area contributed by atoms with Crippen LogP contribution in [-0.2, 0) is 4.79 Å². The van der Waals surface area contributed by atoms with Crippen molar-refractivity contribution >= 4 is 50.1 Å². The van der Waals surface area contributed by atoms with Crippen molar-refractivity contribution < 1.29 is 9.21 Å². The highest BCUT2D eigenvalue weighted by Crippen LogP contribution is 2.42. The van der Waals surface area contributed by atoms with Gasteiger partial charge in [0.1, 0.15) is 11.4 Å². The number of carbonyl (C=O) groups excluding carboxylic acids is 1. The number of nitrogens with one attached hydrogen (secondary N) is 1. The summed E-state index contributed by atoms with van der Waals surface area (Å²) in [5.41, 5.74) is 6.97. The second-order valence-corrected chi connectivity index (χ2v) is 13.8. The molecular formula is C38H51N7O2S. The lowest BCUT2D eigenvalue weighted by atomic mass is 9.98. The quantitative estimate of drug-likeness (QED) is 0.120. The zero-order valence-electron chi connectivity index (χ0n) is 30.0. The lowest BCUT2D eigenvalue weighted by Crippen LogP contribution is -2.34. The Hall–Kier alpha value is -4.18. The zero-order chi connectivity index (χ0) is 34.8. The summed E-state index contributed by atoms with van der Waals surface area (Å²) in [7, 11) is 0. The summed E-state index contributed by atoms with van der Waals surface area (Å²) in [5.74, 6) is 1.96. The van der Waals surface area contributed by atoms with Crippen LogP contribution in [0.5, 0.6) is 0 Å². The number of anilines is 2. The van der Waals surface area contributed by atoms with Gasteiger partial charge in [0.2, 0.25) is 11.0 Å². The van der Waals surface area contributed by atoms with E-state index in [9.17, 15) is 4.79 Å². The van der Waals surface area contributed by atoms with Crippen molar-refractivity contribution in [1.29, 1.82) is 0 Å². The molecule has 0 spiro atoms. The Morgan fingerprint density at radius 1 is 0.875 bits per heavy atom. The van der Waals surface area contributed by atoms with Gasteiger partial charge in [-0.2, -0.15) is 0 Å². The molecule has 0 bridgehead atoms. The average Bonchev–Trinajstić information content (AvgIpc) is 3.75. The van der Waals surface area contributed by atoms with Crippen LogP contribution in [0.4, 0.5) is 32.9 Å². The first-order valence-corrected chi connectivity index (χ1v) is 18.0. The molecule has 0 saturated carbocycles. The second-order valence-electron chi connectivity index (χ2n) is 12.8. The molecule has 0 saturated heterocycles. The molecule has 10 heteroatoms. The fraction of sp³-hybridized carbons (Fsp3) is 0.474. The minimum absolute atomic E-state index is 0.165. The molecular weight excluding hydrogens is 619 g/mol. The summed E-state index contributed by atoms with van der Waals surface area (Å²) < 4.78 is 5.68. The highest BCUT2D eigenvalue weighted by Gasteiger charge is 2.21. The van der Waals surface area contributed by atoms with Gasteiger partial charge in [0, 0.05) is 25.7 Å². The van der Waals surface area contributed by atoms with Crippen molar-refractivity contribution in [1.82, 2.24) is 4.98 Å². The molecule has 9 nitrogen and oxygen atoms in total. The number of benzene rings is 2. The molecule has 1 N–H and O–H groups in total. The van der Waals surface area contributed by atoms with Crippen molar-refractivity contribution in [3.63, 3.8) is 0 Å².